The fourth-order valence-corrected chi connectivity index (χ4v) is 4.76. The lowest BCUT2D eigenvalue weighted by molar-refractivity contribution is -0.0393. The number of benzene rings is 3. The highest BCUT2D eigenvalue weighted by atomic mass is 28.1. The molecule has 4 rings (SSSR count). The number of halogens is 1. The molecule has 7 heteroatoms. The maximum Gasteiger partial charge on any atom is 0.410 e. The first kappa shape index (κ1) is 27.9. The Kier molecular flexibility index (Phi) is 8.90. The van der Waals surface area contributed by atoms with Crippen LogP contribution >= 0.6 is 0 Å². The van der Waals surface area contributed by atoms with Gasteiger partial charge >= 0.3 is 6.09 Å². The highest BCUT2D eigenvalue weighted by Gasteiger charge is 2.36. The molecular formula is C31H38FNO4Si. The summed E-state index contributed by atoms with van der Waals surface area (Å²) in [4.78, 5) is 14.9. The Morgan fingerprint density at radius 3 is 2.66 bits per heavy atom. The Morgan fingerprint density at radius 2 is 1.95 bits per heavy atom. The van der Waals surface area contributed by atoms with Crippen LogP contribution in [0.4, 0.5) is 9.18 Å². The summed E-state index contributed by atoms with van der Waals surface area (Å²) < 4.78 is 32.0. The molecule has 202 valence electrons. The largest absolute Gasteiger partial charge is 0.489 e. The van der Waals surface area contributed by atoms with Crippen molar-refractivity contribution in [1.29, 1.82) is 0 Å². The van der Waals surface area contributed by atoms with Gasteiger partial charge in [0, 0.05) is 28.1 Å². The molecule has 1 fully saturated rings. The van der Waals surface area contributed by atoms with Gasteiger partial charge in [-0.05, 0) is 66.6 Å². The van der Waals surface area contributed by atoms with Crippen molar-refractivity contribution in [3.05, 3.63) is 90.3 Å². The third kappa shape index (κ3) is 6.63. The zero-order valence-electron chi connectivity index (χ0n) is 22.8. The lowest BCUT2D eigenvalue weighted by Gasteiger charge is -2.40. The molecular weight excluding hydrogens is 497 g/mol. The van der Waals surface area contributed by atoms with Crippen LogP contribution in [0.3, 0.4) is 0 Å². The molecule has 1 saturated heterocycles. The predicted octanol–water partition coefficient (Wildman–Crippen LogP) is 6.01. The van der Waals surface area contributed by atoms with Crippen LogP contribution in [-0.4, -0.2) is 52.6 Å². The minimum Gasteiger partial charge on any atom is -0.489 e. The standard InChI is InChI=1S/C31H38FNO4Si/c1-5-16-35-28-18-22(17-24-8-6-7-9-26(24)28)20-36-29-19-33(30(34)37-31(3,4)21(2)38)15-14-27(29)23-10-12-25(32)13-11-23/h5-13,17-18,21,27,29H,1,14-16,19-20H2,2-4,38H3. The van der Waals surface area contributed by atoms with Gasteiger partial charge in [0.2, 0.25) is 0 Å². The fraction of sp³-hybridized carbons (Fsp3) is 0.387. The summed E-state index contributed by atoms with van der Waals surface area (Å²) in [6.45, 7) is 11.5. The molecule has 0 aliphatic carbocycles. The van der Waals surface area contributed by atoms with Crippen molar-refractivity contribution in [3.8, 4) is 5.75 Å². The van der Waals surface area contributed by atoms with Gasteiger partial charge < -0.3 is 19.1 Å². The number of carbonyl (C=O) groups excluding carboxylic acids is 1. The average molecular weight is 536 g/mol. The smallest absolute Gasteiger partial charge is 0.410 e. The van der Waals surface area contributed by atoms with Gasteiger partial charge in [-0.15, -0.1) is 0 Å². The lowest BCUT2D eigenvalue weighted by atomic mass is 9.87. The minimum atomic E-state index is -0.513. The van der Waals surface area contributed by atoms with Crippen LogP contribution in [0.1, 0.15) is 44.2 Å². The van der Waals surface area contributed by atoms with Gasteiger partial charge in [0.25, 0.3) is 0 Å². The van der Waals surface area contributed by atoms with Crippen molar-refractivity contribution in [2.45, 2.75) is 57.0 Å². The van der Waals surface area contributed by atoms with E-state index in [0.29, 0.717) is 38.3 Å². The van der Waals surface area contributed by atoms with E-state index < -0.39 is 5.60 Å². The molecule has 38 heavy (non-hydrogen) atoms. The van der Waals surface area contributed by atoms with E-state index in [9.17, 15) is 9.18 Å². The fourth-order valence-electron chi connectivity index (χ4n) is 4.64. The van der Waals surface area contributed by atoms with Crippen molar-refractivity contribution in [3.63, 3.8) is 0 Å². The molecule has 5 nitrogen and oxygen atoms in total. The van der Waals surface area contributed by atoms with Gasteiger partial charge in [-0.2, -0.15) is 0 Å². The van der Waals surface area contributed by atoms with Crippen molar-refractivity contribution in [1.82, 2.24) is 4.90 Å². The van der Waals surface area contributed by atoms with Gasteiger partial charge in [0.15, 0.2) is 0 Å². The topological polar surface area (TPSA) is 48.0 Å². The van der Waals surface area contributed by atoms with Crippen molar-refractivity contribution >= 4 is 27.1 Å². The summed E-state index contributed by atoms with van der Waals surface area (Å²) in [6.07, 6.45) is 1.84. The number of amides is 1. The highest BCUT2D eigenvalue weighted by Crippen LogP contribution is 2.34. The first-order valence-electron chi connectivity index (χ1n) is 13.3. The van der Waals surface area contributed by atoms with Crippen LogP contribution in [0, 0.1) is 5.82 Å². The van der Waals surface area contributed by atoms with Crippen LogP contribution in [0.25, 0.3) is 10.8 Å². The Labute approximate surface area is 228 Å². The number of fused-ring (bicyclic) bond motifs is 1. The number of hydrogen-bond acceptors (Lipinski definition) is 4. The summed E-state index contributed by atoms with van der Waals surface area (Å²) in [7, 11) is 0.934. The predicted molar refractivity (Wildman–Crippen MR) is 153 cm³/mol. The third-order valence-corrected chi connectivity index (χ3v) is 8.95. The monoisotopic (exact) mass is 535 g/mol. The third-order valence-electron chi connectivity index (χ3n) is 7.56. The lowest BCUT2D eigenvalue weighted by Crippen LogP contribution is -2.49. The van der Waals surface area contributed by atoms with Crippen molar-refractivity contribution in [2.75, 3.05) is 19.7 Å². The van der Waals surface area contributed by atoms with E-state index in [1.54, 1.807) is 11.0 Å². The number of hydrogen-bond donors (Lipinski definition) is 0. The van der Waals surface area contributed by atoms with E-state index >= 15 is 0 Å². The Hall–Kier alpha value is -3.16. The van der Waals surface area contributed by atoms with Crippen LogP contribution in [0.5, 0.6) is 5.75 Å². The minimum absolute atomic E-state index is 0.0297. The maximum atomic E-state index is 13.6. The van der Waals surface area contributed by atoms with Crippen LogP contribution in [0.2, 0.25) is 5.54 Å². The number of likely N-dealkylation sites (tertiary alicyclic amines) is 1. The van der Waals surface area contributed by atoms with Crippen LogP contribution < -0.4 is 4.74 Å². The SMILES string of the molecule is C=CCOc1cc(COC2CN(C(=O)OC(C)(C)C(C)[SiH3])CCC2c2ccc(F)cc2)cc2ccccc12. The maximum absolute atomic E-state index is 13.6. The molecule has 0 aromatic heterocycles. The summed E-state index contributed by atoms with van der Waals surface area (Å²) in [5, 5.41) is 2.10. The molecule has 3 unspecified atom stereocenters. The van der Waals surface area contributed by atoms with E-state index in [2.05, 4.69) is 25.6 Å². The molecule has 3 aromatic carbocycles. The Balaban J connectivity index is 1.56. The summed E-state index contributed by atoms with van der Waals surface area (Å²) >= 11 is 0. The van der Waals surface area contributed by atoms with Gasteiger partial charge in [0.1, 0.15) is 23.8 Å². The van der Waals surface area contributed by atoms with Crippen LogP contribution in [0.15, 0.2) is 73.3 Å². The summed E-state index contributed by atoms with van der Waals surface area (Å²) in [5.74, 6) is 0.544. The van der Waals surface area contributed by atoms with Crippen LogP contribution in [-0.2, 0) is 16.1 Å². The first-order chi connectivity index (χ1) is 18.2. The van der Waals surface area contributed by atoms with E-state index in [4.69, 9.17) is 14.2 Å². The van der Waals surface area contributed by atoms with Gasteiger partial charge in [-0.25, -0.2) is 9.18 Å². The first-order valence-corrected chi connectivity index (χ1v) is 14.4. The second-order valence-corrected chi connectivity index (χ2v) is 12.5. The molecule has 3 atom stereocenters. The van der Waals surface area contributed by atoms with Gasteiger partial charge in [-0.3, -0.25) is 0 Å². The van der Waals surface area contributed by atoms with E-state index in [1.807, 2.05) is 50.2 Å². The number of nitrogens with zero attached hydrogens (tertiary/aromatic N) is 1. The molecule has 0 spiro atoms. The van der Waals surface area contributed by atoms with Crippen molar-refractivity contribution < 1.29 is 23.4 Å². The highest BCUT2D eigenvalue weighted by molar-refractivity contribution is 6.12. The van der Waals surface area contributed by atoms with Crippen molar-refractivity contribution in [2.24, 2.45) is 0 Å². The Bertz CT molecular complexity index is 1260. The van der Waals surface area contributed by atoms with E-state index in [-0.39, 0.29) is 23.9 Å². The zero-order chi connectivity index (χ0) is 27.3. The molecule has 1 aliphatic heterocycles. The molecule has 0 saturated carbocycles. The molecule has 0 bridgehead atoms. The molecule has 1 heterocycles. The molecule has 3 aromatic rings. The van der Waals surface area contributed by atoms with Gasteiger partial charge in [-0.1, -0.05) is 56.0 Å². The van der Waals surface area contributed by atoms with E-state index in [0.717, 1.165) is 37.9 Å². The molecule has 0 N–H and O–H groups in total. The summed E-state index contributed by atoms with van der Waals surface area (Å²) in [6, 6.07) is 18.8. The second kappa shape index (κ2) is 12.1. The summed E-state index contributed by atoms with van der Waals surface area (Å²) in [5.41, 5.74) is 1.79. The molecule has 1 amide bonds. The number of piperidine rings is 1. The number of ether oxygens (including phenoxy) is 3. The number of rotatable bonds is 9. The molecule has 1 aliphatic rings. The quantitative estimate of drug-likeness (QED) is 0.249. The molecule has 0 radical (unpaired) electrons. The number of carbonyl (C=O) groups is 1. The Morgan fingerprint density at radius 1 is 1.21 bits per heavy atom. The van der Waals surface area contributed by atoms with E-state index in [1.165, 1.54) is 12.1 Å². The normalized spacial score (nSPS) is 18.8. The second-order valence-electron chi connectivity index (χ2n) is 10.8. The van der Waals surface area contributed by atoms with Gasteiger partial charge in [0.05, 0.1) is 19.3 Å². The average Bonchev–Trinajstić information content (AvgIpc) is 2.90. The zero-order valence-corrected chi connectivity index (χ0v) is 24.8.